The Kier molecular flexibility index (Phi) is 4.79. The number of aromatic nitrogens is 3. The molecule has 0 spiro atoms. The molecule has 0 radical (unpaired) electrons. The molecule has 0 N–H and O–H groups in total. The Hall–Kier alpha value is -2.37. The second-order valence-electron chi connectivity index (χ2n) is 7.54. The van der Waals surface area contributed by atoms with Crippen LogP contribution in [0.25, 0.3) is 10.9 Å². The standard InChI is InChI=1S/C22H22ClN5/c23-21-16(11-15-5-1-2-6-18(15)26-21)13-28-10-8-19-17(14-28)12-25-22(27-19)20-7-3-4-9-24-20/h1-2,5-6,11-12H,3-4,7-10,13-14H2. The molecule has 3 aromatic rings. The van der Waals surface area contributed by atoms with E-state index in [2.05, 4.69) is 32.0 Å². The van der Waals surface area contributed by atoms with Crippen molar-refractivity contribution in [2.24, 2.45) is 4.99 Å². The summed E-state index contributed by atoms with van der Waals surface area (Å²) >= 11 is 6.45. The fourth-order valence-corrected chi connectivity index (χ4v) is 4.22. The van der Waals surface area contributed by atoms with Crippen molar-refractivity contribution in [2.45, 2.75) is 38.8 Å². The lowest BCUT2D eigenvalue weighted by molar-refractivity contribution is 0.242. The van der Waals surface area contributed by atoms with Crippen molar-refractivity contribution in [3.63, 3.8) is 0 Å². The van der Waals surface area contributed by atoms with Crippen LogP contribution in [-0.2, 0) is 19.5 Å². The van der Waals surface area contributed by atoms with Gasteiger partial charge in [0.1, 0.15) is 5.15 Å². The van der Waals surface area contributed by atoms with Crippen LogP contribution in [0.2, 0.25) is 5.15 Å². The van der Waals surface area contributed by atoms with Gasteiger partial charge in [0.25, 0.3) is 0 Å². The average molecular weight is 392 g/mol. The third kappa shape index (κ3) is 3.52. The fraction of sp³-hybridized carbons (Fsp3) is 0.364. The molecule has 5 nitrogen and oxygen atoms in total. The Balaban J connectivity index is 1.35. The molecule has 2 aliphatic rings. The van der Waals surface area contributed by atoms with Gasteiger partial charge in [0, 0.05) is 55.3 Å². The van der Waals surface area contributed by atoms with Crippen LogP contribution in [0.5, 0.6) is 0 Å². The summed E-state index contributed by atoms with van der Waals surface area (Å²) in [6.07, 6.45) is 6.28. The first-order chi connectivity index (χ1) is 13.8. The normalized spacial score (nSPS) is 17.4. The van der Waals surface area contributed by atoms with E-state index in [0.717, 1.165) is 72.7 Å². The van der Waals surface area contributed by atoms with E-state index in [1.165, 1.54) is 18.4 Å². The van der Waals surface area contributed by atoms with Gasteiger partial charge in [-0.2, -0.15) is 0 Å². The minimum atomic E-state index is 0.589. The SMILES string of the molecule is Clc1nc2ccccc2cc1CN1CCc2nc(C3=NCCCC3)ncc2C1. The van der Waals surface area contributed by atoms with Gasteiger partial charge in [-0.3, -0.25) is 9.89 Å². The van der Waals surface area contributed by atoms with Crippen molar-refractivity contribution < 1.29 is 0 Å². The zero-order valence-electron chi connectivity index (χ0n) is 15.7. The summed E-state index contributed by atoms with van der Waals surface area (Å²) < 4.78 is 0. The van der Waals surface area contributed by atoms with Crippen LogP contribution in [0.3, 0.4) is 0 Å². The molecular formula is C22H22ClN5. The molecule has 0 aliphatic carbocycles. The molecule has 2 aromatic heterocycles. The van der Waals surface area contributed by atoms with Gasteiger partial charge in [-0.15, -0.1) is 0 Å². The third-order valence-electron chi connectivity index (χ3n) is 5.54. The van der Waals surface area contributed by atoms with Crippen molar-refractivity contribution >= 4 is 28.2 Å². The Morgan fingerprint density at radius 2 is 2.00 bits per heavy atom. The first kappa shape index (κ1) is 17.7. The van der Waals surface area contributed by atoms with Crippen molar-refractivity contribution in [1.29, 1.82) is 0 Å². The lowest BCUT2D eigenvalue weighted by Gasteiger charge is -2.28. The van der Waals surface area contributed by atoms with Gasteiger partial charge in [0.2, 0.25) is 0 Å². The van der Waals surface area contributed by atoms with E-state index in [1.54, 1.807) is 0 Å². The van der Waals surface area contributed by atoms with E-state index < -0.39 is 0 Å². The predicted octanol–water partition coefficient (Wildman–Crippen LogP) is 4.21. The van der Waals surface area contributed by atoms with Gasteiger partial charge in [-0.1, -0.05) is 29.8 Å². The van der Waals surface area contributed by atoms with Gasteiger partial charge >= 0.3 is 0 Å². The van der Waals surface area contributed by atoms with Crippen LogP contribution in [0.1, 0.15) is 41.9 Å². The highest BCUT2D eigenvalue weighted by Crippen LogP contribution is 2.25. The molecule has 0 fully saturated rings. The van der Waals surface area contributed by atoms with Crippen LogP contribution < -0.4 is 0 Å². The molecule has 0 amide bonds. The number of fused-ring (bicyclic) bond motifs is 2. The van der Waals surface area contributed by atoms with Gasteiger partial charge in [-0.25, -0.2) is 15.0 Å². The lowest BCUT2D eigenvalue weighted by atomic mass is 10.0. The van der Waals surface area contributed by atoms with Crippen molar-refractivity contribution in [2.75, 3.05) is 13.1 Å². The number of hydrogen-bond acceptors (Lipinski definition) is 5. The number of benzene rings is 1. The first-order valence-corrected chi connectivity index (χ1v) is 10.3. The summed E-state index contributed by atoms with van der Waals surface area (Å²) in [5.41, 5.74) is 5.45. The highest BCUT2D eigenvalue weighted by atomic mass is 35.5. The number of nitrogens with zero attached hydrogens (tertiary/aromatic N) is 5. The number of pyridine rings is 1. The predicted molar refractivity (Wildman–Crippen MR) is 112 cm³/mol. The Morgan fingerprint density at radius 3 is 2.89 bits per heavy atom. The van der Waals surface area contributed by atoms with Gasteiger partial charge in [0.05, 0.1) is 16.9 Å². The van der Waals surface area contributed by atoms with Crippen molar-refractivity contribution in [1.82, 2.24) is 19.9 Å². The highest BCUT2D eigenvalue weighted by molar-refractivity contribution is 6.30. The number of hydrogen-bond donors (Lipinski definition) is 0. The van der Waals surface area contributed by atoms with Gasteiger partial charge < -0.3 is 0 Å². The minimum Gasteiger partial charge on any atom is -0.294 e. The largest absolute Gasteiger partial charge is 0.294 e. The summed E-state index contributed by atoms with van der Waals surface area (Å²) in [6.45, 7) is 3.49. The minimum absolute atomic E-state index is 0.589. The molecule has 4 heterocycles. The van der Waals surface area contributed by atoms with Gasteiger partial charge in [0.15, 0.2) is 5.82 Å². The van der Waals surface area contributed by atoms with E-state index in [-0.39, 0.29) is 0 Å². The Bertz CT molecular complexity index is 1060. The second-order valence-corrected chi connectivity index (χ2v) is 7.90. The maximum Gasteiger partial charge on any atom is 0.173 e. The van der Waals surface area contributed by atoms with Crippen LogP contribution in [-0.4, -0.2) is 38.7 Å². The molecule has 0 unspecified atom stereocenters. The van der Waals surface area contributed by atoms with Crippen molar-refractivity contribution in [3.8, 4) is 0 Å². The molecular weight excluding hydrogens is 370 g/mol. The first-order valence-electron chi connectivity index (χ1n) is 9.91. The summed E-state index contributed by atoms with van der Waals surface area (Å²) in [4.78, 5) is 21.0. The number of para-hydroxylation sites is 1. The summed E-state index contributed by atoms with van der Waals surface area (Å²) in [7, 11) is 0. The third-order valence-corrected chi connectivity index (χ3v) is 5.87. The Morgan fingerprint density at radius 1 is 1.07 bits per heavy atom. The monoisotopic (exact) mass is 391 g/mol. The molecule has 0 bridgehead atoms. The molecule has 5 rings (SSSR count). The van der Waals surface area contributed by atoms with E-state index in [9.17, 15) is 0 Å². The molecule has 142 valence electrons. The number of rotatable bonds is 3. The van der Waals surface area contributed by atoms with Crippen LogP contribution in [0, 0.1) is 0 Å². The maximum atomic E-state index is 6.45. The zero-order valence-corrected chi connectivity index (χ0v) is 16.5. The topological polar surface area (TPSA) is 54.3 Å². The molecule has 28 heavy (non-hydrogen) atoms. The molecule has 2 aliphatic heterocycles. The summed E-state index contributed by atoms with van der Waals surface area (Å²) in [6, 6.07) is 10.2. The molecule has 0 saturated heterocycles. The molecule has 0 atom stereocenters. The lowest BCUT2D eigenvalue weighted by Crippen LogP contribution is -2.31. The summed E-state index contributed by atoms with van der Waals surface area (Å²) in [5, 5.41) is 1.71. The van der Waals surface area contributed by atoms with Gasteiger partial charge in [-0.05, 0) is 31.4 Å². The zero-order chi connectivity index (χ0) is 18.9. The quantitative estimate of drug-likeness (QED) is 0.627. The highest BCUT2D eigenvalue weighted by Gasteiger charge is 2.21. The summed E-state index contributed by atoms with van der Waals surface area (Å²) in [5.74, 6) is 0.827. The smallest absolute Gasteiger partial charge is 0.173 e. The van der Waals surface area contributed by atoms with E-state index in [0.29, 0.717) is 5.15 Å². The fourth-order valence-electron chi connectivity index (χ4n) is 4.02. The van der Waals surface area contributed by atoms with Crippen LogP contribution in [0.4, 0.5) is 0 Å². The maximum absolute atomic E-state index is 6.45. The van der Waals surface area contributed by atoms with E-state index in [1.807, 2.05) is 24.4 Å². The van der Waals surface area contributed by atoms with Crippen LogP contribution in [0.15, 0.2) is 41.5 Å². The Labute approximate surface area is 169 Å². The van der Waals surface area contributed by atoms with E-state index in [4.69, 9.17) is 16.6 Å². The van der Waals surface area contributed by atoms with E-state index >= 15 is 0 Å². The second kappa shape index (κ2) is 7.57. The average Bonchev–Trinajstić information content (AvgIpc) is 2.74. The van der Waals surface area contributed by atoms with Crippen LogP contribution >= 0.6 is 11.6 Å². The van der Waals surface area contributed by atoms with Crippen molar-refractivity contribution in [3.05, 3.63) is 64.3 Å². The molecule has 6 heteroatoms. The molecule has 1 aromatic carbocycles. The number of aliphatic imine (C=N–C) groups is 1. The number of halogens is 1. The molecule has 0 saturated carbocycles.